The fourth-order valence-corrected chi connectivity index (χ4v) is 2.06. The van der Waals surface area contributed by atoms with Crippen LogP contribution in [0.3, 0.4) is 0 Å². The molecule has 7 heteroatoms. The van der Waals surface area contributed by atoms with E-state index in [-0.39, 0.29) is 5.65 Å². The highest BCUT2D eigenvalue weighted by Crippen LogP contribution is 2.30. The van der Waals surface area contributed by atoms with Gasteiger partial charge in [0.05, 0.1) is 16.7 Å². The van der Waals surface area contributed by atoms with Gasteiger partial charge in [0, 0.05) is 0 Å². The molecular weight excluding hydrogens is 281 g/mol. The maximum absolute atomic E-state index is 13.0. The van der Waals surface area contributed by atoms with E-state index in [1.807, 2.05) is 20.8 Å². The maximum atomic E-state index is 13.0. The Hall–Kier alpha value is -2.18. The number of alkyl halides is 3. The zero-order chi connectivity index (χ0) is 15.6. The van der Waals surface area contributed by atoms with Crippen molar-refractivity contribution in [3.05, 3.63) is 35.8 Å². The zero-order valence-corrected chi connectivity index (χ0v) is 11.9. The largest absolute Gasteiger partial charge is 0.452 e. The normalized spacial score (nSPS) is 11.5. The van der Waals surface area contributed by atoms with Crippen LogP contribution >= 0.6 is 0 Å². The third-order valence-corrected chi connectivity index (χ3v) is 2.89. The van der Waals surface area contributed by atoms with Gasteiger partial charge in [-0.2, -0.15) is 13.2 Å². The van der Waals surface area contributed by atoms with Gasteiger partial charge in [-0.3, -0.25) is 4.40 Å². The molecule has 0 radical (unpaired) electrons. The van der Waals surface area contributed by atoms with Crippen molar-refractivity contribution in [3.8, 4) is 0 Å². The lowest BCUT2D eigenvalue weighted by atomic mass is 10.2. The molecule has 0 bridgehead atoms. The van der Waals surface area contributed by atoms with Crippen molar-refractivity contribution in [1.29, 1.82) is 0 Å². The molecule has 3 aromatic rings. The van der Waals surface area contributed by atoms with Crippen LogP contribution in [-0.2, 0) is 12.6 Å². The molecule has 0 saturated carbocycles. The molecule has 0 aliphatic heterocycles. The van der Waals surface area contributed by atoms with Crippen molar-refractivity contribution >= 4 is 16.7 Å². The number of para-hydroxylation sites is 2. The zero-order valence-electron chi connectivity index (χ0n) is 11.9. The molecule has 21 heavy (non-hydrogen) atoms. The van der Waals surface area contributed by atoms with Gasteiger partial charge in [0.2, 0.25) is 5.82 Å². The summed E-state index contributed by atoms with van der Waals surface area (Å²) in [6.07, 6.45) is -4.06. The number of aryl methyl sites for hydroxylation is 1. The molecule has 0 amide bonds. The minimum atomic E-state index is -4.55. The summed E-state index contributed by atoms with van der Waals surface area (Å²) in [4.78, 5) is 4.33. The minimum absolute atomic E-state index is 0.161. The Morgan fingerprint density at radius 2 is 1.76 bits per heavy atom. The third-order valence-electron chi connectivity index (χ3n) is 2.89. The first kappa shape index (κ1) is 15.2. The summed E-state index contributed by atoms with van der Waals surface area (Å²) >= 11 is 0. The molecule has 0 atom stereocenters. The van der Waals surface area contributed by atoms with Gasteiger partial charge in [0.1, 0.15) is 0 Å². The summed E-state index contributed by atoms with van der Waals surface area (Å²) in [5, 5.41) is 6.91. The lowest BCUT2D eigenvalue weighted by Gasteiger charge is -2.08. The first-order valence-corrected chi connectivity index (χ1v) is 6.72. The first-order valence-electron chi connectivity index (χ1n) is 6.72. The van der Waals surface area contributed by atoms with Gasteiger partial charge in [0.15, 0.2) is 5.65 Å². The Morgan fingerprint density at radius 1 is 1.10 bits per heavy atom. The molecule has 4 nitrogen and oxygen atoms in total. The monoisotopic (exact) mass is 296 g/mol. The van der Waals surface area contributed by atoms with Gasteiger partial charge >= 0.3 is 6.18 Å². The van der Waals surface area contributed by atoms with Crippen LogP contribution in [0.1, 0.15) is 32.3 Å². The summed E-state index contributed by atoms with van der Waals surface area (Å²) in [6, 6.07) is 6.65. The Bertz CT molecular complexity index is 762. The SMILES string of the molecule is CC.CCc1nc2ccccc2n2c(C(F)(F)F)nnc12. The molecule has 0 aliphatic rings. The summed E-state index contributed by atoms with van der Waals surface area (Å²) < 4.78 is 39.9. The van der Waals surface area contributed by atoms with E-state index in [1.54, 1.807) is 24.3 Å². The average Bonchev–Trinajstić information content (AvgIpc) is 2.94. The van der Waals surface area contributed by atoms with Crippen LogP contribution in [0, 0.1) is 0 Å². The quantitative estimate of drug-likeness (QED) is 0.684. The van der Waals surface area contributed by atoms with E-state index in [4.69, 9.17) is 0 Å². The van der Waals surface area contributed by atoms with Crippen molar-refractivity contribution < 1.29 is 13.2 Å². The van der Waals surface area contributed by atoms with Crippen LogP contribution < -0.4 is 0 Å². The summed E-state index contributed by atoms with van der Waals surface area (Å²) in [5.74, 6) is -1.02. The number of hydrogen-bond acceptors (Lipinski definition) is 3. The van der Waals surface area contributed by atoms with Gasteiger partial charge in [-0.1, -0.05) is 32.9 Å². The Balaban J connectivity index is 0.000000774. The number of fused-ring (bicyclic) bond motifs is 3. The van der Waals surface area contributed by atoms with E-state index in [1.165, 1.54) is 0 Å². The lowest BCUT2D eigenvalue weighted by Crippen LogP contribution is -2.12. The second-order valence-electron chi connectivity index (χ2n) is 4.08. The van der Waals surface area contributed by atoms with Crippen molar-refractivity contribution in [2.24, 2.45) is 0 Å². The smallest absolute Gasteiger partial charge is 0.268 e. The highest BCUT2D eigenvalue weighted by Gasteiger charge is 2.37. The molecule has 0 fully saturated rings. The number of halogens is 3. The predicted octanol–water partition coefficient (Wildman–Crippen LogP) is 3.88. The van der Waals surface area contributed by atoms with E-state index in [0.29, 0.717) is 23.1 Å². The van der Waals surface area contributed by atoms with Crippen LogP contribution in [0.25, 0.3) is 16.7 Å². The molecule has 3 rings (SSSR count). The lowest BCUT2D eigenvalue weighted by molar-refractivity contribution is -0.145. The van der Waals surface area contributed by atoms with Crippen LogP contribution in [0.2, 0.25) is 0 Å². The molecule has 1 aromatic carbocycles. The van der Waals surface area contributed by atoms with Crippen molar-refractivity contribution in [1.82, 2.24) is 19.6 Å². The van der Waals surface area contributed by atoms with Gasteiger partial charge in [-0.15, -0.1) is 10.2 Å². The molecule has 112 valence electrons. The van der Waals surface area contributed by atoms with Gasteiger partial charge in [-0.25, -0.2) is 4.98 Å². The molecule has 0 N–H and O–H groups in total. The van der Waals surface area contributed by atoms with Crippen LogP contribution in [0.4, 0.5) is 13.2 Å². The van der Waals surface area contributed by atoms with Crippen LogP contribution in [-0.4, -0.2) is 19.6 Å². The average molecular weight is 296 g/mol. The van der Waals surface area contributed by atoms with E-state index in [0.717, 1.165) is 4.40 Å². The van der Waals surface area contributed by atoms with E-state index >= 15 is 0 Å². The number of benzene rings is 1. The molecule has 2 heterocycles. The summed E-state index contributed by atoms with van der Waals surface area (Å²) in [7, 11) is 0. The second-order valence-corrected chi connectivity index (χ2v) is 4.08. The fourth-order valence-electron chi connectivity index (χ4n) is 2.06. The molecule has 0 aliphatic carbocycles. The van der Waals surface area contributed by atoms with Crippen LogP contribution in [0.15, 0.2) is 24.3 Å². The molecule has 0 spiro atoms. The fraction of sp³-hybridized carbons (Fsp3) is 0.357. The highest BCUT2D eigenvalue weighted by atomic mass is 19.4. The van der Waals surface area contributed by atoms with E-state index in [2.05, 4.69) is 15.2 Å². The Labute approximate surface area is 119 Å². The number of hydrogen-bond donors (Lipinski definition) is 0. The van der Waals surface area contributed by atoms with Gasteiger partial charge in [0.25, 0.3) is 0 Å². The number of rotatable bonds is 1. The van der Waals surface area contributed by atoms with E-state index < -0.39 is 12.0 Å². The second kappa shape index (κ2) is 5.67. The van der Waals surface area contributed by atoms with Crippen molar-refractivity contribution in [2.45, 2.75) is 33.4 Å². The summed E-state index contributed by atoms with van der Waals surface area (Å²) in [5.41, 5.74) is 1.51. The van der Waals surface area contributed by atoms with Crippen LogP contribution in [0.5, 0.6) is 0 Å². The predicted molar refractivity (Wildman–Crippen MR) is 74.0 cm³/mol. The number of aromatic nitrogens is 4. The maximum Gasteiger partial charge on any atom is 0.452 e. The highest BCUT2D eigenvalue weighted by molar-refractivity contribution is 5.78. The first-order chi connectivity index (χ1) is 10.0. The molecule has 2 aromatic heterocycles. The van der Waals surface area contributed by atoms with Gasteiger partial charge < -0.3 is 0 Å². The molecule has 0 unspecified atom stereocenters. The Kier molecular flexibility index (Phi) is 4.11. The molecule has 0 saturated heterocycles. The third kappa shape index (κ3) is 2.55. The standard InChI is InChI=1S/C12H9F3N4.C2H6/c1-2-7-10-17-18-11(12(13,14)15)19(10)9-6-4-3-5-8(9)16-7;1-2/h3-6H,2H2,1H3;1-2H3. The molecular formula is C14H15F3N4. The van der Waals surface area contributed by atoms with E-state index in [9.17, 15) is 13.2 Å². The van der Waals surface area contributed by atoms with Gasteiger partial charge in [-0.05, 0) is 18.6 Å². The van der Waals surface area contributed by atoms with Crippen molar-refractivity contribution in [3.63, 3.8) is 0 Å². The topological polar surface area (TPSA) is 43.1 Å². The minimum Gasteiger partial charge on any atom is -0.268 e. The van der Waals surface area contributed by atoms with Crippen molar-refractivity contribution in [2.75, 3.05) is 0 Å². The Morgan fingerprint density at radius 3 is 2.38 bits per heavy atom. The number of nitrogens with zero attached hydrogens (tertiary/aromatic N) is 4. The summed E-state index contributed by atoms with van der Waals surface area (Å²) in [6.45, 7) is 5.82.